The molecule has 146 valence electrons. The van der Waals surface area contributed by atoms with E-state index in [-0.39, 0.29) is 17.1 Å². The minimum Gasteiger partial charge on any atom is -0.291 e. The van der Waals surface area contributed by atoms with Gasteiger partial charge >= 0.3 is 0 Å². The fourth-order valence-electron chi connectivity index (χ4n) is 3.22. The number of hydroxylamine groups is 3. The molecule has 1 saturated heterocycles. The predicted octanol–water partition coefficient (Wildman–Crippen LogP) is 4.04. The molecule has 0 aromatic rings. The maximum Gasteiger partial charge on any atom is 0.206 e. The summed E-state index contributed by atoms with van der Waals surface area (Å²) >= 11 is 0. The molecule has 0 saturated carbocycles. The number of nitriles is 2. The van der Waals surface area contributed by atoms with Gasteiger partial charge in [0.1, 0.15) is 0 Å². The molecule has 26 heavy (non-hydrogen) atoms. The van der Waals surface area contributed by atoms with Crippen LogP contribution in [0.25, 0.3) is 0 Å². The van der Waals surface area contributed by atoms with Crippen LogP contribution in [0.4, 0.5) is 0 Å². The van der Waals surface area contributed by atoms with Gasteiger partial charge in [0.05, 0.1) is 23.6 Å². The summed E-state index contributed by atoms with van der Waals surface area (Å²) in [5.41, 5.74) is -1.52. The lowest BCUT2D eigenvalue weighted by atomic mass is 9.85. The van der Waals surface area contributed by atoms with Crippen molar-refractivity contribution in [3.8, 4) is 12.1 Å². The molecule has 2 rings (SSSR count). The monoisotopic (exact) mass is 363 g/mol. The Morgan fingerprint density at radius 3 is 2.04 bits per heavy atom. The molecule has 1 fully saturated rings. The quantitative estimate of drug-likeness (QED) is 0.604. The molecule has 2 aliphatic heterocycles. The summed E-state index contributed by atoms with van der Waals surface area (Å²) in [4.78, 5) is 5.89. The summed E-state index contributed by atoms with van der Waals surface area (Å²) in [6.07, 6.45) is 5.76. The molecule has 2 aliphatic rings. The topological polar surface area (TPSA) is 83.3 Å². The van der Waals surface area contributed by atoms with Crippen molar-refractivity contribution in [3.63, 3.8) is 0 Å². The summed E-state index contributed by atoms with van der Waals surface area (Å²) in [5, 5.41) is 29.3. The highest BCUT2D eigenvalue weighted by molar-refractivity contribution is 5.52. The van der Waals surface area contributed by atoms with Crippen LogP contribution in [0.5, 0.6) is 0 Å². The molecule has 0 bridgehead atoms. The van der Waals surface area contributed by atoms with E-state index < -0.39 is 11.0 Å². The van der Waals surface area contributed by atoms with Crippen molar-refractivity contribution in [3.05, 3.63) is 0 Å². The highest BCUT2D eigenvalue weighted by Gasteiger charge is 2.49. The molecule has 1 atom stereocenters. The number of rotatable bonds is 3. The van der Waals surface area contributed by atoms with E-state index in [9.17, 15) is 5.26 Å². The van der Waals surface area contributed by atoms with Gasteiger partial charge in [-0.3, -0.25) is 10.0 Å². The van der Waals surface area contributed by atoms with E-state index in [2.05, 4.69) is 26.0 Å². The summed E-state index contributed by atoms with van der Waals surface area (Å²) in [6.45, 7) is 15.6. The van der Waals surface area contributed by atoms with Crippen LogP contribution < -0.4 is 0 Å². The largest absolute Gasteiger partial charge is 0.291 e. The van der Waals surface area contributed by atoms with Crippen LogP contribution in [0.3, 0.4) is 0 Å². The van der Waals surface area contributed by atoms with Crippen LogP contribution in [0.1, 0.15) is 81.1 Å². The van der Waals surface area contributed by atoms with Crippen LogP contribution in [-0.2, 0) is 4.84 Å². The standard InChI is InChI=1S/C14H23N3O.C6H12NO/c1-12(2,9-15)11-7-8-13(3,4)17(11)18-14(5,6)10-16;1-6(2)4-3-5-7(6)8/h11H,7-8H2,1-6H3;5,8H,3-4H2,1-2H3/q;+1. The van der Waals surface area contributed by atoms with Crippen LogP contribution >= 0.6 is 0 Å². The third-order valence-electron chi connectivity index (χ3n) is 5.30. The second-order valence-electron chi connectivity index (χ2n) is 9.62. The molecule has 1 N–H and O–H groups in total. The molecule has 0 aromatic heterocycles. The zero-order valence-corrected chi connectivity index (χ0v) is 17.6. The third kappa shape index (κ3) is 5.19. The second-order valence-corrected chi connectivity index (χ2v) is 9.62. The van der Waals surface area contributed by atoms with Crippen molar-refractivity contribution in [2.45, 2.75) is 104 Å². The van der Waals surface area contributed by atoms with Crippen molar-refractivity contribution in [2.24, 2.45) is 5.41 Å². The SMILES string of the molecule is CC(C)(C#N)ON1C(C(C)(C)C#N)CCC1(C)C.CC1(C)CCC=[N+]1O. The van der Waals surface area contributed by atoms with E-state index in [1.54, 1.807) is 13.8 Å². The normalized spacial score (nSPS) is 24.8. The maximum atomic E-state index is 9.30. The second kappa shape index (κ2) is 7.55. The van der Waals surface area contributed by atoms with Crippen molar-refractivity contribution < 1.29 is 14.8 Å². The summed E-state index contributed by atoms with van der Waals surface area (Å²) in [5.74, 6) is 0. The van der Waals surface area contributed by atoms with Crippen LogP contribution in [0.2, 0.25) is 0 Å². The van der Waals surface area contributed by atoms with E-state index in [4.69, 9.17) is 15.3 Å². The Morgan fingerprint density at radius 2 is 1.69 bits per heavy atom. The minimum absolute atomic E-state index is 0.0139. The highest BCUT2D eigenvalue weighted by Crippen LogP contribution is 2.42. The molecule has 2 heterocycles. The Hall–Kier alpha value is -1.63. The minimum atomic E-state index is -0.870. The molecular formula is C20H35N4O2+. The van der Waals surface area contributed by atoms with Gasteiger partial charge in [-0.25, -0.2) is 0 Å². The number of hydrogen-bond acceptors (Lipinski definition) is 5. The molecule has 0 radical (unpaired) electrons. The van der Waals surface area contributed by atoms with Gasteiger partial charge in [0.2, 0.25) is 5.54 Å². The van der Waals surface area contributed by atoms with Crippen LogP contribution in [-0.4, -0.2) is 43.9 Å². The Bertz CT molecular complexity index is 621. The Kier molecular flexibility index (Phi) is 6.50. The van der Waals surface area contributed by atoms with E-state index in [1.807, 2.05) is 39.0 Å². The lowest BCUT2D eigenvalue weighted by Gasteiger charge is -2.41. The van der Waals surface area contributed by atoms with E-state index >= 15 is 0 Å². The van der Waals surface area contributed by atoms with Gasteiger partial charge in [0.15, 0.2) is 11.8 Å². The molecule has 0 aliphatic carbocycles. The predicted molar refractivity (Wildman–Crippen MR) is 101 cm³/mol. The van der Waals surface area contributed by atoms with E-state index in [0.717, 1.165) is 25.7 Å². The van der Waals surface area contributed by atoms with Gasteiger partial charge in [-0.1, -0.05) is 0 Å². The van der Waals surface area contributed by atoms with E-state index in [0.29, 0.717) is 0 Å². The number of nitrogens with zero attached hydrogens (tertiary/aromatic N) is 4. The summed E-state index contributed by atoms with van der Waals surface area (Å²) in [7, 11) is 0. The van der Waals surface area contributed by atoms with Crippen molar-refractivity contribution in [1.29, 1.82) is 10.5 Å². The molecular weight excluding hydrogens is 328 g/mol. The Labute approximate surface area is 158 Å². The fourth-order valence-corrected chi connectivity index (χ4v) is 3.22. The van der Waals surface area contributed by atoms with Gasteiger partial charge < -0.3 is 0 Å². The first-order chi connectivity index (χ1) is 11.7. The molecule has 0 spiro atoms. The number of hydrogen-bond donors (Lipinski definition) is 1. The van der Waals surface area contributed by atoms with E-state index in [1.165, 1.54) is 4.74 Å². The molecule has 6 heteroatoms. The van der Waals surface area contributed by atoms with Gasteiger partial charge in [-0.05, 0) is 59.1 Å². The van der Waals surface area contributed by atoms with Crippen molar-refractivity contribution in [1.82, 2.24) is 5.06 Å². The Balaban J connectivity index is 0.000000350. The lowest BCUT2D eigenvalue weighted by Crippen LogP contribution is -2.51. The van der Waals surface area contributed by atoms with Crippen molar-refractivity contribution in [2.75, 3.05) is 0 Å². The van der Waals surface area contributed by atoms with Crippen molar-refractivity contribution >= 4 is 6.21 Å². The van der Waals surface area contributed by atoms with Gasteiger partial charge in [0.25, 0.3) is 0 Å². The molecule has 1 unspecified atom stereocenters. The average molecular weight is 364 g/mol. The fraction of sp³-hybridized carbons (Fsp3) is 0.850. The van der Waals surface area contributed by atoms with Crippen LogP contribution in [0.15, 0.2) is 0 Å². The molecule has 0 amide bonds. The highest BCUT2D eigenvalue weighted by atomic mass is 16.7. The first kappa shape index (κ1) is 22.4. The van der Waals surface area contributed by atoms with Gasteiger partial charge in [0, 0.05) is 32.2 Å². The molecule has 6 nitrogen and oxygen atoms in total. The maximum absolute atomic E-state index is 9.30. The molecule has 0 aromatic carbocycles. The first-order valence-electron chi connectivity index (χ1n) is 9.31. The lowest BCUT2D eigenvalue weighted by molar-refractivity contribution is -0.814. The smallest absolute Gasteiger partial charge is 0.206 e. The first-order valence-corrected chi connectivity index (χ1v) is 9.31. The summed E-state index contributed by atoms with van der Waals surface area (Å²) < 4.78 is 1.30. The van der Waals surface area contributed by atoms with Gasteiger partial charge in [-0.15, -0.1) is 0 Å². The van der Waals surface area contributed by atoms with Crippen LogP contribution in [0, 0.1) is 28.1 Å². The average Bonchev–Trinajstić information content (AvgIpc) is 2.99. The van der Waals surface area contributed by atoms with Gasteiger partial charge in [-0.2, -0.15) is 15.6 Å². The third-order valence-corrected chi connectivity index (χ3v) is 5.30. The summed E-state index contributed by atoms with van der Waals surface area (Å²) in [6, 6.07) is 4.52. The zero-order chi connectivity index (χ0) is 20.4. The Morgan fingerprint density at radius 1 is 1.12 bits per heavy atom. The zero-order valence-electron chi connectivity index (χ0n) is 17.6.